The van der Waals surface area contributed by atoms with E-state index in [2.05, 4.69) is 0 Å². The Kier molecular flexibility index (Phi) is 4.92. The summed E-state index contributed by atoms with van der Waals surface area (Å²) >= 11 is 0. The molecule has 2 aromatic rings. The lowest BCUT2D eigenvalue weighted by Gasteiger charge is -2.35. The van der Waals surface area contributed by atoms with Crippen molar-refractivity contribution in [2.75, 3.05) is 31.1 Å². The van der Waals surface area contributed by atoms with Gasteiger partial charge < -0.3 is 4.90 Å². The summed E-state index contributed by atoms with van der Waals surface area (Å²) in [7, 11) is -3.75. The van der Waals surface area contributed by atoms with E-state index in [1.807, 2.05) is 4.90 Å². The minimum Gasteiger partial charge on any atom is -0.369 e. The maximum Gasteiger partial charge on any atom is 0.269 e. The first-order valence-electron chi connectivity index (χ1n) is 8.05. The van der Waals surface area contributed by atoms with Gasteiger partial charge in [-0.2, -0.15) is 4.31 Å². The van der Waals surface area contributed by atoms with Crippen LogP contribution >= 0.6 is 0 Å². The fourth-order valence-corrected chi connectivity index (χ4v) is 4.29. The molecule has 0 spiro atoms. The number of rotatable bonds is 4. The lowest BCUT2D eigenvalue weighted by atomic mass is 10.2. The number of non-ortho nitro benzene ring substituents is 1. The Balaban J connectivity index is 1.71. The molecular weight excluding hydrogens is 361 g/mol. The number of anilines is 1. The normalized spacial score (nSPS) is 15.8. The Labute approximate surface area is 150 Å². The first kappa shape index (κ1) is 18.3. The van der Waals surface area contributed by atoms with Crippen molar-refractivity contribution >= 4 is 21.4 Å². The fraction of sp³-hybridized carbons (Fsp3) is 0.294. The van der Waals surface area contributed by atoms with Crippen molar-refractivity contribution in [2.24, 2.45) is 0 Å². The molecule has 1 fully saturated rings. The molecule has 0 amide bonds. The standard InChI is InChI=1S/C17H18FN3O4S/c1-13-2-7-16(12-17(13)18)26(24,25)20-10-8-19(9-11-20)14-3-5-15(6-4-14)21(22)23/h2-7,12H,8-11H2,1H3. The van der Waals surface area contributed by atoms with E-state index >= 15 is 0 Å². The van der Waals surface area contributed by atoms with Crippen molar-refractivity contribution in [2.45, 2.75) is 11.8 Å². The average molecular weight is 379 g/mol. The van der Waals surface area contributed by atoms with Crippen molar-refractivity contribution in [1.29, 1.82) is 0 Å². The number of hydrogen-bond donors (Lipinski definition) is 0. The molecule has 1 aliphatic heterocycles. The summed E-state index contributed by atoms with van der Waals surface area (Å²) in [5, 5.41) is 10.7. The number of benzene rings is 2. The Morgan fingerprint density at radius 3 is 2.19 bits per heavy atom. The van der Waals surface area contributed by atoms with Crippen LogP contribution in [0.2, 0.25) is 0 Å². The highest BCUT2D eigenvalue weighted by molar-refractivity contribution is 7.89. The average Bonchev–Trinajstić information content (AvgIpc) is 2.64. The van der Waals surface area contributed by atoms with Gasteiger partial charge >= 0.3 is 0 Å². The summed E-state index contributed by atoms with van der Waals surface area (Å²) in [6.45, 7) is 3.00. The Bertz CT molecular complexity index is 924. The van der Waals surface area contributed by atoms with Crippen molar-refractivity contribution in [3.63, 3.8) is 0 Å². The van der Waals surface area contributed by atoms with Gasteiger partial charge in [-0.15, -0.1) is 0 Å². The van der Waals surface area contributed by atoms with Gasteiger partial charge in [0.25, 0.3) is 5.69 Å². The fourth-order valence-electron chi connectivity index (χ4n) is 2.85. The molecule has 0 unspecified atom stereocenters. The van der Waals surface area contributed by atoms with Crippen LogP contribution < -0.4 is 4.90 Å². The molecular formula is C17H18FN3O4S. The monoisotopic (exact) mass is 379 g/mol. The predicted octanol–water partition coefficient (Wildman–Crippen LogP) is 2.55. The van der Waals surface area contributed by atoms with Crippen molar-refractivity contribution in [3.8, 4) is 0 Å². The second-order valence-electron chi connectivity index (χ2n) is 6.08. The highest BCUT2D eigenvalue weighted by Crippen LogP contribution is 2.24. The Hall–Kier alpha value is -2.52. The van der Waals surface area contributed by atoms with E-state index in [-0.39, 0.29) is 23.7 Å². The maximum atomic E-state index is 13.7. The van der Waals surface area contributed by atoms with E-state index in [0.29, 0.717) is 18.7 Å². The summed E-state index contributed by atoms with van der Waals surface area (Å²) in [5.41, 5.74) is 1.21. The second-order valence-corrected chi connectivity index (χ2v) is 8.01. The highest BCUT2D eigenvalue weighted by atomic mass is 32.2. The smallest absolute Gasteiger partial charge is 0.269 e. The molecule has 9 heteroatoms. The SMILES string of the molecule is Cc1ccc(S(=O)(=O)N2CCN(c3ccc([N+](=O)[O-])cc3)CC2)cc1F. The zero-order valence-electron chi connectivity index (χ0n) is 14.1. The van der Waals surface area contributed by atoms with E-state index in [9.17, 15) is 22.9 Å². The summed E-state index contributed by atoms with van der Waals surface area (Å²) in [5.74, 6) is -0.546. The summed E-state index contributed by atoms with van der Waals surface area (Å²) in [4.78, 5) is 12.2. The molecule has 2 aromatic carbocycles. The first-order valence-corrected chi connectivity index (χ1v) is 9.49. The maximum absolute atomic E-state index is 13.7. The van der Waals surface area contributed by atoms with Gasteiger partial charge in [-0.1, -0.05) is 6.07 Å². The third-order valence-electron chi connectivity index (χ3n) is 4.45. The second kappa shape index (κ2) is 7.00. The zero-order valence-corrected chi connectivity index (χ0v) is 14.9. The number of hydrogen-bond acceptors (Lipinski definition) is 5. The summed E-state index contributed by atoms with van der Waals surface area (Å²) in [6, 6.07) is 10.1. The number of piperazine rings is 1. The molecule has 0 bridgehead atoms. The third kappa shape index (κ3) is 3.54. The molecule has 138 valence electrons. The summed E-state index contributed by atoms with van der Waals surface area (Å²) < 4.78 is 40.4. The predicted molar refractivity (Wildman–Crippen MR) is 95.2 cm³/mol. The van der Waals surface area contributed by atoms with Gasteiger partial charge in [-0.25, -0.2) is 12.8 Å². The van der Waals surface area contributed by atoms with Gasteiger partial charge in [0.2, 0.25) is 10.0 Å². The first-order chi connectivity index (χ1) is 12.3. The van der Waals surface area contributed by atoms with Gasteiger partial charge in [0, 0.05) is 44.0 Å². The molecule has 0 aliphatic carbocycles. The number of nitro benzene ring substituents is 1. The van der Waals surface area contributed by atoms with Crippen LogP contribution in [-0.2, 0) is 10.0 Å². The molecule has 0 radical (unpaired) electrons. The van der Waals surface area contributed by atoms with Gasteiger partial charge in [0.15, 0.2) is 0 Å². The van der Waals surface area contributed by atoms with Gasteiger partial charge in [-0.3, -0.25) is 10.1 Å². The van der Waals surface area contributed by atoms with Crippen LogP contribution in [0.15, 0.2) is 47.4 Å². The molecule has 1 heterocycles. The van der Waals surface area contributed by atoms with Gasteiger partial charge in [0.1, 0.15) is 5.82 Å². The van der Waals surface area contributed by atoms with Crippen molar-refractivity contribution in [1.82, 2.24) is 4.31 Å². The highest BCUT2D eigenvalue weighted by Gasteiger charge is 2.29. The van der Waals surface area contributed by atoms with E-state index in [4.69, 9.17) is 0 Å². The molecule has 7 nitrogen and oxygen atoms in total. The molecule has 1 aliphatic rings. The molecule has 26 heavy (non-hydrogen) atoms. The quantitative estimate of drug-likeness (QED) is 0.602. The van der Waals surface area contributed by atoms with Crippen LogP contribution in [-0.4, -0.2) is 43.8 Å². The molecule has 0 atom stereocenters. The number of aryl methyl sites for hydroxylation is 1. The van der Waals surface area contributed by atoms with Crippen LogP contribution in [0.25, 0.3) is 0 Å². The molecule has 0 N–H and O–H groups in total. The van der Waals surface area contributed by atoms with Gasteiger partial charge in [-0.05, 0) is 36.8 Å². The van der Waals surface area contributed by atoms with Crippen LogP contribution in [0.4, 0.5) is 15.8 Å². The van der Waals surface area contributed by atoms with Crippen LogP contribution in [0, 0.1) is 22.9 Å². The molecule has 3 rings (SSSR count). The van der Waals surface area contributed by atoms with Crippen LogP contribution in [0.3, 0.4) is 0 Å². The third-order valence-corrected chi connectivity index (χ3v) is 6.34. The minimum atomic E-state index is -3.75. The van der Waals surface area contributed by atoms with Gasteiger partial charge in [0.05, 0.1) is 9.82 Å². The number of halogens is 1. The Morgan fingerprint density at radius 1 is 1.04 bits per heavy atom. The van der Waals surface area contributed by atoms with Crippen LogP contribution in [0.5, 0.6) is 0 Å². The minimum absolute atomic E-state index is 0.0105. The Morgan fingerprint density at radius 2 is 1.65 bits per heavy atom. The molecule has 0 saturated carbocycles. The molecule has 0 aromatic heterocycles. The lowest BCUT2D eigenvalue weighted by Crippen LogP contribution is -2.48. The van der Waals surface area contributed by atoms with Crippen LogP contribution in [0.1, 0.15) is 5.56 Å². The van der Waals surface area contributed by atoms with Crippen molar-refractivity contribution < 1.29 is 17.7 Å². The van der Waals surface area contributed by atoms with Crippen molar-refractivity contribution in [3.05, 3.63) is 64.0 Å². The summed E-state index contributed by atoms with van der Waals surface area (Å²) in [6.07, 6.45) is 0. The lowest BCUT2D eigenvalue weighted by molar-refractivity contribution is -0.384. The topological polar surface area (TPSA) is 83.8 Å². The van der Waals surface area contributed by atoms with E-state index in [1.165, 1.54) is 28.6 Å². The largest absolute Gasteiger partial charge is 0.369 e. The van der Waals surface area contributed by atoms with E-state index in [0.717, 1.165) is 11.8 Å². The zero-order chi connectivity index (χ0) is 18.9. The number of nitro groups is 1. The van der Waals surface area contributed by atoms with E-state index < -0.39 is 20.8 Å². The number of nitrogens with zero attached hydrogens (tertiary/aromatic N) is 3. The van der Waals surface area contributed by atoms with E-state index in [1.54, 1.807) is 19.1 Å². The number of sulfonamides is 1. The molecule has 1 saturated heterocycles.